The predicted octanol–water partition coefficient (Wildman–Crippen LogP) is 2.73. The van der Waals surface area contributed by atoms with Gasteiger partial charge in [-0.1, -0.05) is 24.8 Å². The van der Waals surface area contributed by atoms with Gasteiger partial charge < -0.3 is 0 Å². The fraction of sp³-hybridized carbons (Fsp3) is 0.100. The van der Waals surface area contributed by atoms with Crippen LogP contribution in [0.1, 0.15) is 5.56 Å². The van der Waals surface area contributed by atoms with E-state index in [0.717, 1.165) is 22.6 Å². The molecule has 0 atom stereocenters. The normalized spacial score (nSPS) is 9.42. The van der Waals surface area contributed by atoms with Crippen molar-refractivity contribution >= 4 is 19.3 Å². The molecule has 1 aromatic carbocycles. The van der Waals surface area contributed by atoms with Crippen molar-refractivity contribution in [2.24, 2.45) is 4.99 Å². The minimum absolute atomic E-state index is 0.725. The largest absolute Gasteiger partial charge is 0.269 e. The molecule has 0 amide bonds. The van der Waals surface area contributed by atoms with Crippen LogP contribution in [-0.4, -0.2) is 6.72 Å². The zero-order valence-electron chi connectivity index (χ0n) is 6.83. The van der Waals surface area contributed by atoms with Crippen LogP contribution in [0.15, 0.2) is 46.4 Å². The molecule has 0 fully saturated rings. The number of allylic oxidation sites excluding steroid dienone is 1. The Bertz CT molecular complexity index is 304. The molecule has 0 aliphatic carbocycles. The van der Waals surface area contributed by atoms with Crippen LogP contribution in [-0.2, 0) is 6.42 Å². The summed E-state index contributed by atoms with van der Waals surface area (Å²) in [5, 5.41) is 0. The number of hydrogen-bond acceptors (Lipinski definition) is 2. The van der Waals surface area contributed by atoms with Gasteiger partial charge in [0.2, 0.25) is 0 Å². The van der Waals surface area contributed by atoms with Crippen molar-refractivity contribution in [2.45, 2.75) is 11.3 Å². The van der Waals surface area contributed by atoms with E-state index in [-0.39, 0.29) is 0 Å². The first-order valence-corrected chi connectivity index (χ1v) is 4.10. The Morgan fingerprint density at radius 3 is 2.67 bits per heavy atom. The second-order valence-corrected chi connectivity index (χ2v) is 3.01. The second kappa shape index (κ2) is 4.12. The van der Waals surface area contributed by atoms with Crippen LogP contribution in [0.3, 0.4) is 0 Å². The summed E-state index contributed by atoms with van der Waals surface area (Å²) in [4.78, 5) is 4.72. The van der Waals surface area contributed by atoms with Gasteiger partial charge in [-0.3, -0.25) is 4.99 Å². The summed E-state index contributed by atoms with van der Waals surface area (Å²) in [5.41, 5.74) is 1.91. The Morgan fingerprint density at radius 1 is 1.42 bits per heavy atom. The Balaban J connectivity index is 2.82. The highest BCUT2D eigenvalue weighted by molar-refractivity contribution is 7.80. The van der Waals surface area contributed by atoms with Gasteiger partial charge in [-0.25, -0.2) is 0 Å². The van der Waals surface area contributed by atoms with Gasteiger partial charge >= 0.3 is 0 Å². The summed E-state index contributed by atoms with van der Waals surface area (Å²) in [7, 11) is 0. The van der Waals surface area contributed by atoms with Gasteiger partial charge in [0.15, 0.2) is 0 Å². The van der Waals surface area contributed by atoms with Crippen LogP contribution in [0.25, 0.3) is 0 Å². The van der Waals surface area contributed by atoms with Crippen molar-refractivity contribution in [1.82, 2.24) is 0 Å². The molecule has 0 aromatic heterocycles. The van der Waals surface area contributed by atoms with Crippen molar-refractivity contribution in [3.63, 3.8) is 0 Å². The second-order valence-electron chi connectivity index (χ2n) is 2.53. The molecule has 0 radical (unpaired) electrons. The highest BCUT2D eigenvalue weighted by Gasteiger charge is 1.97. The van der Waals surface area contributed by atoms with E-state index >= 15 is 0 Å². The van der Waals surface area contributed by atoms with Gasteiger partial charge in [0, 0.05) is 17.0 Å². The minimum atomic E-state index is 0.725. The molecule has 0 spiro atoms. The molecule has 0 saturated carbocycles. The van der Waals surface area contributed by atoms with Crippen LogP contribution in [0.4, 0.5) is 0 Å². The third-order valence-corrected chi connectivity index (χ3v) is 2.05. The lowest BCUT2D eigenvalue weighted by Crippen LogP contribution is -1.87. The van der Waals surface area contributed by atoms with Crippen molar-refractivity contribution in [1.29, 1.82) is 0 Å². The molecule has 0 bridgehead atoms. The molecule has 0 unspecified atom stereocenters. The fourth-order valence-corrected chi connectivity index (χ4v) is 1.18. The number of benzene rings is 1. The van der Waals surface area contributed by atoms with Crippen LogP contribution in [0.5, 0.6) is 0 Å². The minimum Gasteiger partial charge on any atom is -0.269 e. The summed E-state index contributed by atoms with van der Waals surface area (Å²) in [6.45, 7) is 7.16. The van der Waals surface area contributed by atoms with Gasteiger partial charge in [-0.05, 0) is 18.3 Å². The van der Waals surface area contributed by atoms with E-state index in [4.69, 9.17) is 0 Å². The first-order valence-electron chi connectivity index (χ1n) is 3.65. The number of aliphatic imine (C=N–C) groups is 1. The maximum absolute atomic E-state index is 4.31. The van der Waals surface area contributed by atoms with Crippen molar-refractivity contribution in [2.75, 3.05) is 0 Å². The SMILES string of the molecule is C=NC(=C)Cc1ccccc1S. The summed E-state index contributed by atoms with van der Waals surface area (Å²) >= 11 is 4.31. The first kappa shape index (κ1) is 9.07. The van der Waals surface area contributed by atoms with Crippen molar-refractivity contribution < 1.29 is 0 Å². The Morgan fingerprint density at radius 2 is 2.08 bits per heavy atom. The summed E-state index contributed by atoms with van der Waals surface area (Å²) in [5.74, 6) is 0. The van der Waals surface area contributed by atoms with E-state index in [2.05, 4.69) is 30.9 Å². The Kier molecular flexibility index (Phi) is 3.11. The van der Waals surface area contributed by atoms with E-state index in [1.165, 1.54) is 0 Å². The zero-order valence-corrected chi connectivity index (χ0v) is 7.72. The summed E-state index contributed by atoms with van der Waals surface area (Å²) in [6, 6.07) is 7.90. The van der Waals surface area contributed by atoms with Crippen LogP contribution in [0, 0.1) is 0 Å². The molecule has 1 rings (SSSR count). The molecule has 0 aliphatic rings. The third kappa shape index (κ3) is 2.24. The molecular formula is C10H11NS. The molecule has 12 heavy (non-hydrogen) atoms. The van der Waals surface area contributed by atoms with Gasteiger partial charge in [0.25, 0.3) is 0 Å². The first-order chi connectivity index (χ1) is 5.74. The molecule has 1 aromatic rings. The van der Waals surface area contributed by atoms with Crippen LogP contribution < -0.4 is 0 Å². The zero-order chi connectivity index (χ0) is 8.97. The quantitative estimate of drug-likeness (QED) is 0.538. The van der Waals surface area contributed by atoms with Gasteiger partial charge in [-0.15, -0.1) is 12.6 Å². The average Bonchev–Trinajstić information content (AvgIpc) is 2.09. The Hall–Kier alpha value is -1.02. The van der Waals surface area contributed by atoms with Gasteiger partial charge in [0.1, 0.15) is 0 Å². The van der Waals surface area contributed by atoms with Crippen molar-refractivity contribution in [3.8, 4) is 0 Å². The number of rotatable bonds is 3. The third-order valence-electron chi connectivity index (χ3n) is 1.61. The lowest BCUT2D eigenvalue weighted by molar-refractivity contribution is 1.08. The molecular weight excluding hydrogens is 166 g/mol. The average molecular weight is 177 g/mol. The monoisotopic (exact) mass is 177 g/mol. The van der Waals surface area contributed by atoms with E-state index in [1.54, 1.807) is 0 Å². The standard InChI is InChI=1S/C10H11NS/c1-8(11-2)7-9-5-3-4-6-10(9)12/h3-6,12H,1-2,7H2. The highest BCUT2D eigenvalue weighted by Crippen LogP contribution is 2.16. The lowest BCUT2D eigenvalue weighted by atomic mass is 10.1. The maximum Gasteiger partial charge on any atom is 0.0368 e. The maximum atomic E-state index is 4.31. The number of thiol groups is 1. The van der Waals surface area contributed by atoms with E-state index < -0.39 is 0 Å². The van der Waals surface area contributed by atoms with Gasteiger partial charge in [0.05, 0.1) is 0 Å². The molecule has 0 saturated heterocycles. The smallest absolute Gasteiger partial charge is 0.0368 e. The topological polar surface area (TPSA) is 12.4 Å². The van der Waals surface area contributed by atoms with E-state index in [1.807, 2.05) is 24.3 Å². The van der Waals surface area contributed by atoms with Crippen LogP contribution in [0.2, 0.25) is 0 Å². The fourth-order valence-electron chi connectivity index (χ4n) is 0.936. The number of hydrogen-bond donors (Lipinski definition) is 1. The molecule has 1 nitrogen and oxygen atoms in total. The predicted molar refractivity (Wildman–Crippen MR) is 56.1 cm³/mol. The summed E-state index contributed by atoms with van der Waals surface area (Å²) < 4.78 is 0. The molecule has 0 N–H and O–H groups in total. The highest BCUT2D eigenvalue weighted by atomic mass is 32.1. The molecule has 62 valence electrons. The van der Waals surface area contributed by atoms with Crippen molar-refractivity contribution in [3.05, 3.63) is 42.1 Å². The Labute approximate surface area is 78.3 Å². The summed E-state index contributed by atoms with van der Waals surface area (Å²) in [6.07, 6.45) is 0.725. The van der Waals surface area contributed by atoms with Gasteiger partial charge in [-0.2, -0.15) is 0 Å². The van der Waals surface area contributed by atoms with Crippen LogP contribution >= 0.6 is 12.6 Å². The van der Waals surface area contributed by atoms with E-state index in [9.17, 15) is 0 Å². The van der Waals surface area contributed by atoms with E-state index in [0.29, 0.717) is 0 Å². The molecule has 0 heterocycles. The number of nitrogens with zero attached hydrogens (tertiary/aromatic N) is 1. The molecule has 2 heteroatoms. The lowest BCUT2D eigenvalue weighted by Gasteiger charge is -2.02. The molecule has 0 aliphatic heterocycles.